The maximum atomic E-state index is 12.4. The van der Waals surface area contributed by atoms with E-state index in [-0.39, 0.29) is 13.0 Å². The SMILES string of the molecule is CCOC(=O)C[C@H](C)[C@@H](NC(=O)[C@H](OC)c1ccccc1)C(=O)O. The summed E-state index contributed by atoms with van der Waals surface area (Å²) in [6.45, 7) is 3.46. The molecule has 0 spiro atoms. The number of esters is 1. The Morgan fingerprint density at radius 1 is 1.21 bits per heavy atom. The van der Waals surface area contributed by atoms with Crippen LogP contribution in [0.1, 0.15) is 31.9 Å². The topological polar surface area (TPSA) is 102 Å². The minimum atomic E-state index is -1.22. The minimum Gasteiger partial charge on any atom is -0.480 e. The van der Waals surface area contributed by atoms with Gasteiger partial charge in [-0.05, 0) is 18.4 Å². The lowest BCUT2D eigenvalue weighted by Crippen LogP contribution is -2.47. The molecule has 0 unspecified atom stereocenters. The number of ether oxygens (including phenoxy) is 2. The van der Waals surface area contributed by atoms with E-state index in [0.29, 0.717) is 5.56 Å². The fourth-order valence-electron chi connectivity index (χ4n) is 2.30. The quantitative estimate of drug-likeness (QED) is 0.663. The van der Waals surface area contributed by atoms with Crippen LogP contribution >= 0.6 is 0 Å². The molecule has 0 radical (unpaired) electrons. The van der Waals surface area contributed by atoms with Crippen LogP contribution in [0.2, 0.25) is 0 Å². The van der Waals surface area contributed by atoms with Crippen LogP contribution in [-0.4, -0.2) is 42.7 Å². The molecule has 132 valence electrons. The van der Waals surface area contributed by atoms with Crippen molar-refractivity contribution in [3.05, 3.63) is 35.9 Å². The lowest BCUT2D eigenvalue weighted by molar-refractivity contribution is -0.148. The van der Waals surface area contributed by atoms with E-state index >= 15 is 0 Å². The van der Waals surface area contributed by atoms with Gasteiger partial charge in [-0.1, -0.05) is 37.3 Å². The molecule has 3 atom stereocenters. The maximum absolute atomic E-state index is 12.4. The van der Waals surface area contributed by atoms with E-state index in [2.05, 4.69) is 5.32 Å². The maximum Gasteiger partial charge on any atom is 0.326 e. The first kappa shape index (κ1) is 19.6. The summed E-state index contributed by atoms with van der Waals surface area (Å²) >= 11 is 0. The number of nitrogens with one attached hydrogen (secondary N) is 1. The fraction of sp³-hybridized carbons (Fsp3) is 0.471. The minimum absolute atomic E-state index is 0.103. The van der Waals surface area contributed by atoms with Crippen LogP contribution in [0, 0.1) is 5.92 Å². The van der Waals surface area contributed by atoms with Crippen molar-refractivity contribution in [3.63, 3.8) is 0 Å². The summed E-state index contributed by atoms with van der Waals surface area (Å²) in [6.07, 6.45) is -1.03. The van der Waals surface area contributed by atoms with E-state index in [4.69, 9.17) is 9.47 Å². The summed E-state index contributed by atoms with van der Waals surface area (Å²) in [5, 5.41) is 11.8. The third kappa shape index (κ3) is 5.66. The molecule has 2 N–H and O–H groups in total. The Labute approximate surface area is 141 Å². The monoisotopic (exact) mass is 337 g/mol. The number of carboxylic acids is 1. The van der Waals surface area contributed by atoms with Gasteiger partial charge >= 0.3 is 11.9 Å². The van der Waals surface area contributed by atoms with Gasteiger partial charge in [-0.3, -0.25) is 9.59 Å². The Hall–Kier alpha value is -2.41. The standard InChI is InChI=1S/C17H23NO6/c1-4-24-13(19)10-11(2)14(17(21)22)18-16(20)15(23-3)12-8-6-5-7-9-12/h5-9,11,14-15H,4,10H2,1-3H3,(H,18,20)(H,21,22)/t11-,14+,15+/m0/s1. The smallest absolute Gasteiger partial charge is 0.326 e. The number of methoxy groups -OCH3 is 1. The van der Waals surface area contributed by atoms with Crippen LogP contribution in [0.4, 0.5) is 0 Å². The van der Waals surface area contributed by atoms with Crippen LogP contribution in [0.15, 0.2) is 30.3 Å². The number of aliphatic carboxylic acids is 1. The summed E-state index contributed by atoms with van der Waals surface area (Å²) in [6, 6.07) is 7.52. The highest BCUT2D eigenvalue weighted by molar-refractivity contribution is 5.87. The molecule has 0 aliphatic carbocycles. The van der Waals surface area contributed by atoms with Gasteiger partial charge in [0.15, 0.2) is 6.10 Å². The Morgan fingerprint density at radius 3 is 2.33 bits per heavy atom. The lowest BCUT2D eigenvalue weighted by atomic mass is 9.97. The molecule has 0 aliphatic rings. The second-order valence-electron chi connectivity index (χ2n) is 5.34. The Morgan fingerprint density at radius 2 is 1.83 bits per heavy atom. The van der Waals surface area contributed by atoms with Crippen molar-refractivity contribution < 1.29 is 29.0 Å². The molecule has 0 saturated carbocycles. The zero-order valence-electron chi connectivity index (χ0n) is 14.0. The third-order valence-corrected chi connectivity index (χ3v) is 3.50. The van der Waals surface area contributed by atoms with Gasteiger partial charge in [0.1, 0.15) is 6.04 Å². The molecule has 24 heavy (non-hydrogen) atoms. The molecule has 1 amide bonds. The average molecular weight is 337 g/mol. The largest absolute Gasteiger partial charge is 0.480 e. The Bertz CT molecular complexity index is 559. The molecule has 7 nitrogen and oxygen atoms in total. The van der Waals surface area contributed by atoms with E-state index in [1.54, 1.807) is 44.2 Å². The third-order valence-electron chi connectivity index (χ3n) is 3.50. The van der Waals surface area contributed by atoms with Crippen molar-refractivity contribution in [3.8, 4) is 0 Å². The Balaban J connectivity index is 2.81. The van der Waals surface area contributed by atoms with Gasteiger partial charge < -0.3 is 19.9 Å². The second-order valence-corrected chi connectivity index (χ2v) is 5.34. The van der Waals surface area contributed by atoms with Gasteiger partial charge in [0.25, 0.3) is 5.91 Å². The number of hydrogen-bond acceptors (Lipinski definition) is 5. The first-order chi connectivity index (χ1) is 11.4. The van der Waals surface area contributed by atoms with Crippen LogP contribution in [-0.2, 0) is 23.9 Å². The summed E-state index contributed by atoms with van der Waals surface area (Å²) in [5.41, 5.74) is 0.611. The number of amides is 1. The highest BCUT2D eigenvalue weighted by atomic mass is 16.5. The highest BCUT2D eigenvalue weighted by Gasteiger charge is 2.31. The van der Waals surface area contributed by atoms with Gasteiger partial charge in [0.05, 0.1) is 13.0 Å². The average Bonchev–Trinajstić information content (AvgIpc) is 2.54. The van der Waals surface area contributed by atoms with Crippen molar-refractivity contribution in [1.82, 2.24) is 5.32 Å². The van der Waals surface area contributed by atoms with Crippen LogP contribution in [0.5, 0.6) is 0 Å². The van der Waals surface area contributed by atoms with Gasteiger partial charge in [-0.25, -0.2) is 4.79 Å². The summed E-state index contributed by atoms with van der Waals surface area (Å²) < 4.78 is 10.00. The summed E-state index contributed by atoms with van der Waals surface area (Å²) in [7, 11) is 1.37. The number of rotatable bonds is 9. The second kappa shape index (κ2) is 9.67. The molecular weight excluding hydrogens is 314 g/mol. The zero-order valence-corrected chi connectivity index (χ0v) is 14.0. The highest BCUT2D eigenvalue weighted by Crippen LogP contribution is 2.18. The molecule has 0 heterocycles. The predicted octanol–water partition coefficient (Wildman–Crippen LogP) is 1.53. The molecule has 0 saturated heterocycles. The molecule has 0 aliphatic heterocycles. The van der Waals surface area contributed by atoms with Gasteiger partial charge in [0, 0.05) is 7.11 Å². The molecule has 1 aromatic rings. The zero-order chi connectivity index (χ0) is 18.1. The van der Waals surface area contributed by atoms with E-state index in [0.717, 1.165) is 0 Å². The number of benzene rings is 1. The summed E-state index contributed by atoms with van der Waals surface area (Å²) in [4.78, 5) is 35.4. The van der Waals surface area contributed by atoms with Gasteiger partial charge in [0.2, 0.25) is 0 Å². The molecule has 0 fully saturated rings. The van der Waals surface area contributed by atoms with E-state index < -0.39 is 35.9 Å². The molecule has 0 aromatic heterocycles. The first-order valence-electron chi connectivity index (χ1n) is 7.67. The normalized spacial score (nSPS) is 14.3. The molecule has 1 aromatic carbocycles. The van der Waals surface area contributed by atoms with E-state index in [1.165, 1.54) is 7.11 Å². The predicted molar refractivity (Wildman–Crippen MR) is 86.2 cm³/mol. The first-order valence-corrected chi connectivity index (χ1v) is 7.67. The van der Waals surface area contributed by atoms with Crippen molar-refractivity contribution in [2.24, 2.45) is 5.92 Å². The molecule has 1 rings (SSSR count). The number of carbonyl (C=O) groups excluding carboxylic acids is 2. The van der Waals surface area contributed by atoms with Crippen molar-refractivity contribution >= 4 is 17.8 Å². The Kier molecular flexibility index (Phi) is 7.91. The van der Waals surface area contributed by atoms with Gasteiger partial charge in [-0.2, -0.15) is 0 Å². The van der Waals surface area contributed by atoms with E-state index in [9.17, 15) is 19.5 Å². The fourth-order valence-corrected chi connectivity index (χ4v) is 2.30. The molecular formula is C17H23NO6. The number of carbonyl (C=O) groups is 3. The summed E-state index contributed by atoms with van der Waals surface area (Å²) in [5.74, 6) is -2.93. The van der Waals surface area contributed by atoms with Crippen molar-refractivity contribution in [2.75, 3.05) is 13.7 Å². The van der Waals surface area contributed by atoms with Crippen molar-refractivity contribution in [2.45, 2.75) is 32.4 Å². The van der Waals surface area contributed by atoms with Gasteiger partial charge in [-0.15, -0.1) is 0 Å². The lowest BCUT2D eigenvalue weighted by Gasteiger charge is -2.23. The van der Waals surface area contributed by atoms with Crippen LogP contribution in [0.3, 0.4) is 0 Å². The molecule has 7 heteroatoms. The van der Waals surface area contributed by atoms with Crippen LogP contribution < -0.4 is 5.32 Å². The number of carboxylic acid groups (broad SMARTS) is 1. The number of hydrogen-bond donors (Lipinski definition) is 2. The van der Waals surface area contributed by atoms with Crippen LogP contribution in [0.25, 0.3) is 0 Å². The van der Waals surface area contributed by atoms with E-state index in [1.807, 2.05) is 0 Å². The molecule has 0 bridgehead atoms. The van der Waals surface area contributed by atoms with Crippen molar-refractivity contribution in [1.29, 1.82) is 0 Å².